The summed E-state index contributed by atoms with van der Waals surface area (Å²) in [6.07, 6.45) is -2.83. The number of nitrogens with zero attached hydrogens (tertiary/aromatic N) is 3. The minimum Gasteiger partial charge on any atom is -0.493 e. The maximum Gasteiger partial charge on any atom is 0.416 e. The maximum atomic E-state index is 13.5. The fourth-order valence-corrected chi connectivity index (χ4v) is 7.18. The Morgan fingerprint density at radius 2 is 1.83 bits per heavy atom. The van der Waals surface area contributed by atoms with Crippen LogP contribution in [-0.4, -0.2) is 77.3 Å². The number of nitrogens with two attached hydrogens (primary N) is 1. The van der Waals surface area contributed by atoms with Crippen LogP contribution in [0.5, 0.6) is 11.5 Å². The highest BCUT2D eigenvalue weighted by molar-refractivity contribution is 6.25. The van der Waals surface area contributed by atoms with Gasteiger partial charge in [-0.3, -0.25) is 34.2 Å². The molecule has 2 aliphatic heterocycles. The van der Waals surface area contributed by atoms with E-state index in [-0.39, 0.29) is 42.2 Å². The molecule has 4 aromatic rings. The molecule has 5 amide bonds. The summed E-state index contributed by atoms with van der Waals surface area (Å²) in [7, 11) is 1.47. The molecule has 1 aromatic heterocycles. The van der Waals surface area contributed by atoms with Gasteiger partial charge in [0, 0.05) is 42.3 Å². The molecule has 1 aliphatic carbocycles. The molecule has 15 nitrogen and oxygen atoms in total. The number of amides is 5. The monoisotopic (exact) mass is 802 g/mol. The molecule has 2 fully saturated rings. The summed E-state index contributed by atoms with van der Waals surface area (Å²) in [5.41, 5.74) is 5.71. The van der Waals surface area contributed by atoms with Gasteiger partial charge in [0.05, 0.1) is 40.8 Å². The number of carbonyl (C=O) groups excluding carboxylic acids is 5. The number of imide groups is 2. The summed E-state index contributed by atoms with van der Waals surface area (Å²) in [5.74, 6) is -1.08. The lowest BCUT2D eigenvalue weighted by atomic mass is 10.0. The second-order valence-electron chi connectivity index (χ2n) is 14.7. The Morgan fingerprint density at radius 1 is 1.05 bits per heavy atom. The fourth-order valence-electron chi connectivity index (χ4n) is 7.18. The van der Waals surface area contributed by atoms with E-state index in [1.165, 1.54) is 19.2 Å². The van der Waals surface area contributed by atoms with Crippen LogP contribution in [0.15, 0.2) is 48.5 Å². The van der Waals surface area contributed by atoms with Gasteiger partial charge >= 0.3 is 6.18 Å². The number of rotatable bonds is 14. The summed E-state index contributed by atoms with van der Waals surface area (Å²) in [6.45, 7) is 4.09. The van der Waals surface area contributed by atoms with Gasteiger partial charge in [-0.15, -0.1) is 0 Å². The molecule has 7 rings (SSSR count). The highest BCUT2D eigenvalue weighted by atomic mass is 19.4. The molecule has 3 heterocycles. The standard InChI is InChI=1S/C40H41F3N8O7/c1-20(22-14-23(40(41,42)43)16-24(44)15-22)47-34-26-17-31(30(57-3)18-28(26)48-21(2)49-34)58-19-39(10-11-39)38(56)46-13-5-12-45-27-7-4-6-25-33(27)37(55)51(36(25)54)29-8-9-32(52)50-35(29)53/h4,6-7,14-18,20,29,45H,5,8-13,19,44H2,1-3H3,(H,46,56)(H,47,48,49)(H,50,52,53)/t20-,29?/m1/s1. The van der Waals surface area contributed by atoms with Gasteiger partial charge in [-0.1, -0.05) is 6.07 Å². The van der Waals surface area contributed by atoms with Crippen LogP contribution in [0.2, 0.25) is 0 Å². The highest BCUT2D eigenvalue weighted by Crippen LogP contribution is 2.47. The predicted octanol–water partition coefficient (Wildman–Crippen LogP) is 4.90. The number of piperidine rings is 1. The molecule has 3 aromatic carbocycles. The normalized spacial score (nSPS) is 17.8. The topological polar surface area (TPSA) is 207 Å². The number of benzene rings is 3. The Kier molecular flexibility index (Phi) is 10.6. The van der Waals surface area contributed by atoms with Crippen LogP contribution < -0.4 is 36.5 Å². The van der Waals surface area contributed by atoms with Gasteiger partial charge in [0.2, 0.25) is 17.7 Å². The zero-order valence-corrected chi connectivity index (χ0v) is 31.8. The first-order chi connectivity index (χ1) is 27.6. The van der Waals surface area contributed by atoms with E-state index in [0.29, 0.717) is 77.6 Å². The van der Waals surface area contributed by atoms with Gasteiger partial charge in [-0.25, -0.2) is 9.97 Å². The van der Waals surface area contributed by atoms with E-state index in [2.05, 4.69) is 31.2 Å². The SMILES string of the molecule is COc1cc2nc(C)nc(N[C@H](C)c3cc(N)cc(C(F)(F)F)c3)c2cc1OCC1(C(=O)NCCCNc2cccc3c2C(=O)N(C2CCC(=O)NC2=O)C3=O)CC1. The quantitative estimate of drug-likeness (QED) is 0.0656. The lowest BCUT2D eigenvalue weighted by Crippen LogP contribution is -2.54. The number of nitrogen functional groups attached to an aromatic ring is 1. The van der Waals surface area contributed by atoms with Crippen LogP contribution >= 0.6 is 0 Å². The van der Waals surface area contributed by atoms with Crippen LogP contribution in [0.25, 0.3) is 10.9 Å². The minimum absolute atomic E-state index is 0.0210. The predicted molar refractivity (Wildman–Crippen MR) is 205 cm³/mol. The van der Waals surface area contributed by atoms with E-state index in [9.17, 15) is 37.1 Å². The van der Waals surface area contributed by atoms with Crippen molar-refractivity contribution < 1.29 is 46.6 Å². The van der Waals surface area contributed by atoms with Crippen molar-refractivity contribution in [2.45, 2.75) is 64.2 Å². The van der Waals surface area contributed by atoms with Crippen LogP contribution in [0, 0.1) is 12.3 Å². The van der Waals surface area contributed by atoms with Crippen molar-refractivity contribution in [3.8, 4) is 11.5 Å². The van der Waals surface area contributed by atoms with Crippen molar-refractivity contribution in [1.29, 1.82) is 0 Å². The van der Waals surface area contributed by atoms with E-state index in [0.717, 1.165) is 17.0 Å². The van der Waals surface area contributed by atoms with Gasteiger partial charge in [-0.2, -0.15) is 13.2 Å². The maximum absolute atomic E-state index is 13.5. The second-order valence-corrected chi connectivity index (χ2v) is 14.7. The number of aryl methyl sites for hydroxylation is 1. The molecule has 2 atom stereocenters. The number of hydrogen-bond acceptors (Lipinski definition) is 12. The van der Waals surface area contributed by atoms with E-state index < -0.39 is 52.9 Å². The smallest absolute Gasteiger partial charge is 0.416 e. The van der Waals surface area contributed by atoms with Crippen molar-refractivity contribution >= 4 is 57.6 Å². The van der Waals surface area contributed by atoms with Gasteiger partial charge in [0.25, 0.3) is 11.8 Å². The van der Waals surface area contributed by atoms with Gasteiger partial charge in [-0.05, 0) is 81.5 Å². The van der Waals surface area contributed by atoms with Crippen molar-refractivity contribution in [3.05, 3.63) is 76.6 Å². The number of alkyl halides is 3. The molecule has 304 valence electrons. The first-order valence-corrected chi connectivity index (χ1v) is 18.7. The van der Waals surface area contributed by atoms with Crippen molar-refractivity contribution in [1.82, 2.24) is 25.5 Å². The Balaban J connectivity index is 0.966. The molecule has 18 heteroatoms. The number of nitrogens with one attached hydrogen (secondary N) is 4. The third-order valence-corrected chi connectivity index (χ3v) is 10.5. The fraction of sp³-hybridized carbons (Fsp3) is 0.375. The highest BCUT2D eigenvalue weighted by Gasteiger charge is 2.51. The number of methoxy groups -OCH3 is 1. The number of ether oxygens (including phenoxy) is 2. The molecular weight excluding hydrogens is 761 g/mol. The lowest BCUT2D eigenvalue weighted by molar-refractivity contribution is -0.138. The molecule has 6 N–H and O–H groups in total. The molecular formula is C40H41F3N8O7. The molecule has 1 unspecified atom stereocenters. The minimum atomic E-state index is -4.57. The lowest BCUT2D eigenvalue weighted by Gasteiger charge is -2.27. The van der Waals surface area contributed by atoms with Crippen LogP contribution in [-0.2, 0) is 20.6 Å². The average molecular weight is 803 g/mol. The zero-order valence-electron chi connectivity index (χ0n) is 31.8. The number of hydrogen-bond donors (Lipinski definition) is 5. The van der Waals surface area contributed by atoms with Gasteiger partial charge < -0.3 is 31.2 Å². The van der Waals surface area contributed by atoms with E-state index >= 15 is 0 Å². The van der Waals surface area contributed by atoms with Crippen molar-refractivity contribution in [3.63, 3.8) is 0 Å². The molecule has 0 radical (unpaired) electrons. The summed E-state index contributed by atoms with van der Waals surface area (Å²) < 4.78 is 52.4. The third kappa shape index (κ3) is 7.90. The summed E-state index contributed by atoms with van der Waals surface area (Å²) in [4.78, 5) is 73.9. The average Bonchev–Trinajstić information content (AvgIpc) is 3.93. The molecule has 1 saturated heterocycles. The summed E-state index contributed by atoms with van der Waals surface area (Å²) in [6, 6.07) is 9.85. The van der Waals surface area contributed by atoms with Crippen LogP contribution in [0.1, 0.15) is 82.7 Å². The Labute approximate surface area is 330 Å². The van der Waals surface area contributed by atoms with E-state index in [1.54, 1.807) is 38.1 Å². The molecule has 0 spiro atoms. The third-order valence-electron chi connectivity index (χ3n) is 10.5. The van der Waals surface area contributed by atoms with Crippen LogP contribution in [0.4, 0.5) is 30.4 Å². The molecule has 58 heavy (non-hydrogen) atoms. The summed E-state index contributed by atoms with van der Waals surface area (Å²) >= 11 is 0. The molecule has 1 saturated carbocycles. The van der Waals surface area contributed by atoms with Crippen molar-refractivity contribution in [2.24, 2.45) is 5.41 Å². The number of aromatic nitrogens is 2. The van der Waals surface area contributed by atoms with E-state index in [1.807, 2.05) is 0 Å². The van der Waals surface area contributed by atoms with Crippen LogP contribution in [0.3, 0.4) is 0 Å². The number of anilines is 3. The number of fused-ring (bicyclic) bond motifs is 2. The van der Waals surface area contributed by atoms with Gasteiger partial charge in [0.15, 0.2) is 11.5 Å². The van der Waals surface area contributed by atoms with E-state index in [4.69, 9.17) is 15.2 Å². The van der Waals surface area contributed by atoms with Crippen molar-refractivity contribution in [2.75, 3.05) is 43.2 Å². The number of carbonyl (C=O) groups is 5. The molecule has 0 bridgehead atoms. The molecule has 3 aliphatic rings. The summed E-state index contributed by atoms with van der Waals surface area (Å²) in [5, 5.41) is 12.0. The zero-order chi connectivity index (χ0) is 41.5. The second kappa shape index (κ2) is 15.5. The Morgan fingerprint density at radius 3 is 2.53 bits per heavy atom. The first kappa shape index (κ1) is 39.8. The van der Waals surface area contributed by atoms with Gasteiger partial charge in [0.1, 0.15) is 24.3 Å². The largest absolute Gasteiger partial charge is 0.493 e. The first-order valence-electron chi connectivity index (χ1n) is 18.7. The Hall–Kier alpha value is -6.46. The Bertz CT molecular complexity index is 2350. The number of halogens is 3.